The number of hydrogen-bond donors (Lipinski definition) is 1. The number of piperidine rings is 1. The maximum Gasteiger partial charge on any atom is 0.331 e. The third-order valence-electron chi connectivity index (χ3n) is 9.71. The largest absolute Gasteiger partial charge is 0.497 e. The Morgan fingerprint density at radius 1 is 1.00 bits per heavy atom. The average Bonchev–Trinajstić information content (AvgIpc) is 3.04. The Hall–Kier alpha value is -3.82. The van der Waals surface area contributed by atoms with Crippen molar-refractivity contribution in [2.24, 2.45) is 17.8 Å². The van der Waals surface area contributed by atoms with Gasteiger partial charge in [-0.05, 0) is 78.1 Å². The van der Waals surface area contributed by atoms with Gasteiger partial charge in [0.15, 0.2) is 0 Å². The molecule has 0 amide bonds. The summed E-state index contributed by atoms with van der Waals surface area (Å²) in [5.41, 5.74) is 5.97. The van der Waals surface area contributed by atoms with E-state index in [1.165, 1.54) is 29.9 Å². The van der Waals surface area contributed by atoms with Crippen LogP contribution in [0.2, 0.25) is 0 Å². The molecule has 2 aromatic rings. The highest BCUT2D eigenvalue weighted by molar-refractivity contribution is 5.87. The van der Waals surface area contributed by atoms with Crippen molar-refractivity contribution in [1.29, 1.82) is 0 Å². The van der Waals surface area contributed by atoms with Gasteiger partial charge < -0.3 is 29.0 Å². The highest BCUT2D eigenvalue weighted by atomic mass is 16.6. The van der Waals surface area contributed by atoms with E-state index in [4.69, 9.17) is 23.7 Å². The molecule has 6 unspecified atom stereocenters. The molecule has 1 saturated carbocycles. The summed E-state index contributed by atoms with van der Waals surface area (Å²) >= 11 is 0. The Balaban J connectivity index is 1.23. The van der Waals surface area contributed by atoms with E-state index >= 15 is 0 Å². The maximum absolute atomic E-state index is 13.3. The number of nitrogens with zero attached hydrogens (tertiary/aromatic N) is 1. The maximum atomic E-state index is 13.3. The number of methoxy groups -OCH3 is 4. The SMILES string of the molecule is COC(=O)C1C2CC3C4=C(CCN3CC2CC(OC(=O)/C=C/c2cccc(OC)c2)C1OC)c1ccc(OC)cc1NC4. The van der Waals surface area contributed by atoms with E-state index in [1.54, 1.807) is 27.4 Å². The van der Waals surface area contributed by atoms with Gasteiger partial charge in [0.1, 0.15) is 23.7 Å². The lowest BCUT2D eigenvalue weighted by atomic mass is 9.63. The number of esters is 2. The topological polar surface area (TPSA) is 95.6 Å². The molecule has 1 aliphatic carbocycles. The third kappa shape index (κ3) is 5.63. The van der Waals surface area contributed by atoms with E-state index in [0.717, 1.165) is 49.5 Å². The standard InChI is InChI=1S/C34H40N2O7/c1-39-22-7-5-6-20(14-22)8-11-31(37)43-30-15-21-19-36-13-12-24-25-10-9-23(40-2)16-28(25)35-18-27(24)29(36)17-26(21)32(33(30)41-3)34(38)42-4/h5-11,14,16,21,26,29-30,32-33,35H,12-13,15,17-19H2,1-4H3/b11-8+. The number of hydrogen-bond acceptors (Lipinski definition) is 9. The van der Waals surface area contributed by atoms with Gasteiger partial charge in [-0.1, -0.05) is 12.1 Å². The quantitative estimate of drug-likeness (QED) is 0.372. The van der Waals surface area contributed by atoms with Crippen molar-refractivity contribution in [3.8, 4) is 11.5 Å². The third-order valence-corrected chi connectivity index (χ3v) is 9.71. The van der Waals surface area contributed by atoms with Crippen LogP contribution in [0.25, 0.3) is 11.6 Å². The second kappa shape index (κ2) is 12.4. The number of carbonyl (C=O) groups excluding carboxylic acids is 2. The van der Waals surface area contributed by atoms with Crippen LogP contribution in [0.3, 0.4) is 0 Å². The summed E-state index contributed by atoms with van der Waals surface area (Å²) in [5.74, 6) is 0.448. The Morgan fingerprint density at radius 2 is 1.81 bits per heavy atom. The van der Waals surface area contributed by atoms with Crippen molar-refractivity contribution in [2.45, 2.75) is 37.5 Å². The smallest absolute Gasteiger partial charge is 0.331 e. The first-order valence-electron chi connectivity index (χ1n) is 15.0. The number of anilines is 1. The number of fused-ring (bicyclic) bond motifs is 5. The van der Waals surface area contributed by atoms with Gasteiger partial charge in [0.25, 0.3) is 0 Å². The van der Waals surface area contributed by atoms with Gasteiger partial charge in [-0.15, -0.1) is 0 Å². The number of carbonyl (C=O) groups is 2. The zero-order chi connectivity index (χ0) is 30.1. The normalized spacial score (nSPS) is 28.1. The molecule has 43 heavy (non-hydrogen) atoms. The second-order valence-electron chi connectivity index (χ2n) is 11.8. The molecule has 0 bridgehead atoms. The Bertz CT molecular complexity index is 1440. The van der Waals surface area contributed by atoms with Gasteiger partial charge >= 0.3 is 11.9 Å². The fraction of sp³-hybridized carbons (Fsp3) is 0.471. The second-order valence-corrected chi connectivity index (χ2v) is 11.8. The number of nitrogens with one attached hydrogen (secondary N) is 1. The zero-order valence-electron chi connectivity index (χ0n) is 25.2. The van der Waals surface area contributed by atoms with E-state index in [2.05, 4.69) is 22.3 Å². The molecule has 2 fully saturated rings. The molecule has 6 rings (SSSR count). The summed E-state index contributed by atoms with van der Waals surface area (Å²) in [6, 6.07) is 13.9. The average molecular weight is 589 g/mol. The minimum Gasteiger partial charge on any atom is -0.497 e. The Kier molecular flexibility index (Phi) is 8.45. The summed E-state index contributed by atoms with van der Waals surface area (Å²) in [6.07, 6.45) is 4.39. The van der Waals surface area contributed by atoms with Crippen molar-refractivity contribution in [3.63, 3.8) is 0 Å². The molecular weight excluding hydrogens is 548 g/mol. The molecule has 3 heterocycles. The molecule has 9 nitrogen and oxygen atoms in total. The van der Waals surface area contributed by atoms with Gasteiger partial charge in [-0.2, -0.15) is 0 Å². The van der Waals surface area contributed by atoms with Crippen LogP contribution >= 0.6 is 0 Å². The highest BCUT2D eigenvalue weighted by Gasteiger charge is 2.54. The molecule has 228 valence electrons. The molecule has 6 atom stereocenters. The Morgan fingerprint density at radius 3 is 2.58 bits per heavy atom. The molecule has 0 radical (unpaired) electrons. The molecule has 1 N–H and O–H groups in total. The first-order chi connectivity index (χ1) is 20.9. The van der Waals surface area contributed by atoms with Crippen molar-refractivity contribution in [1.82, 2.24) is 4.90 Å². The zero-order valence-corrected chi connectivity index (χ0v) is 25.2. The molecule has 4 aliphatic rings. The van der Waals surface area contributed by atoms with Gasteiger partial charge in [-0.25, -0.2) is 4.79 Å². The van der Waals surface area contributed by atoms with Crippen molar-refractivity contribution in [3.05, 3.63) is 65.2 Å². The van der Waals surface area contributed by atoms with E-state index in [-0.39, 0.29) is 23.8 Å². The van der Waals surface area contributed by atoms with Gasteiger partial charge in [-0.3, -0.25) is 9.69 Å². The lowest BCUT2D eigenvalue weighted by molar-refractivity contribution is -0.186. The number of rotatable bonds is 7. The first-order valence-corrected chi connectivity index (χ1v) is 15.0. The van der Waals surface area contributed by atoms with Crippen LogP contribution in [0.4, 0.5) is 5.69 Å². The lowest BCUT2D eigenvalue weighted by Gasteiger charge is -2.54. The van der Waals surface area contributed by atoms with Gasteiger partial charge in [0.2, 0.25) is 0 Å². The predicted octanol–water partition coefficient (Wildman–Crippen LogP) is 4.43. The molecule has 0 spiro atoms. The Labute approximate surface area is 252 Å². The summed E-state index contributed by atoms with van der Waals surface area (Å²) in [6.45, 7) is 2.55. The van der Waals surface area contributed by atoms with E-state index in [1.807, 2.05) is 30.3 Å². The summed E-state index contributed by atoms with van der Waals surface area (Å²) in [7, 11) is 6.29. The molecular formula is C34H40N2O7. The molecule has 1 saturated heterocycles. The van der Waals surface area contributed by atoms with Crippen molar-refractivity contribution < 1.29 is 33.3 Å². The minimum atomic E-state index is -0.593. The molecule has 3 aliphatic heterocycles. The van der Waals surface area contributed by atoms with Crippen LogP contribution in [0.15, 0.2) is 54.1 Å². The van der Waals surface area contributed by atoms with Crippen LogP contribution in [-0.2, 0) is 23.8 Å². The van der Waals surface area contributed by atoms with Crippen LogP contribution in [0, 0.1) is 17.8 Å². The lowest BCUT2D eigenvalue weighted by Crippen LogP contribution is -2.60. The summed E-state index contributed by atoms with van der Waals surface area (Å²) < 4.78 is 28.0. The van der Waals surface area contributed by atoms with E-state index in [9.17, 15) is 9.59 Å². The van der Waals surface area contributed by atoms with Crippen molar-refractivity contribution in [2.75, 3.05) is 53.4 Å². The summed E-state index contributed by atoms with van der Waals surface area (Å²) in [4.78, 5) is 28.9. The fourth-order valence-corrected chi connectivity index (χ4v) is 7.73. The first kappa shape index (κ1) is 29.3. The summed E-state index contributed by atoms with van der Waals surface area (Å²) in [5, 5.41) is 3.61. The van der Waals surface area contributed by atoms with Gasteiger partial charge in [0.05, 0.1) is 27.2 Å². The number of benzene rings is 2. The highest BCUT2D eigenvalue weighted by Crippen LogP contribution is 2.49. The van der Waals surface area contributed by atoms with Gasteiger partial charge in [0, 0.05) is 56.2 Å². The fourth-order valence-electron chi connectivity index (χ4n) is 7.73. The number of ether oxygens (including phenoxy) is 5. The van der Waals surface area contributed by atoms with E-state index in [0.29, 0.717) is 12.2 Å². The molecule has 0 aromatic heterocycles. The van der Waals surface area contributed by atoms with E-state index < -0.39 is 24.1 Å². The molecule has 2 aromatic carbocycles. The monoisotopic (exact) mass is 588 g/mol. The molecule has 9 heteroatoms. The predicted molar refractivity (Wildman–Crippen MR) is 163 cm³/mol. The van der Waals surface area contributed by atoms with Crippen LogP contribution in [-0.4, -0.2) is 83.2 Å². The van der Waals surface area contributed by atoms with Crippen LogP contribution < -0.4 is 14.8 Å². The minimum absolute atomic E-state index is 0.0463. The van der Waals surface area contributed by atoms with Crippen LogP contribution in [0.1, 0.15) is 30.4 Å². The van der Waals surface area contributed by atoms with Crippen molar-refractivity contribution >= 4 is 29.3 Å². The van der Waals surface area contributed by atoms with Crippen LogP contribution in [0.5, 0.6) is 11.5 Å².